The van der Waals surface area contributed by atoms with Gasteiger partial charge < -0.3 is 14.8 Å². The summed E-state index contributed by atoms with van der Waals surface area (Å²) in [4.78, 5) is 37.7. The predicted molar refractivity (Wildman–Crippen MR) is 102 cm³/mol. The van der Waals surface area contributed by atoms with Gasteiger partial charge in [0.15, 0.2) is 0 Å². The van der Waals surface area contributed by atoms with E-state index in [1.165, 1.54) is 49.1 Å². The third-order valence-corrected chi connectivity index (χ3v) is 4.21. The van der Waals surface area contributed by atoms with Crippen molar-refractivity contribution in [2.45, 2.75) is 6.04 Å². The summed E-state index contributed by atoms with van der Waals surface area (Å²) < 4.78 is 15.7. The second-order valence-corrected chi connectivity index (χ2v) is 6.45. The van der Waals surface area contributed by atoms with E-state index in [4.69, 9.17) is 0 Å². The third kappa shape index (κ3) is 5.01. The van der Waals surface area contributed by atoms with Crippen LogP contribution in [0.4, 0.5) is 4.39 Å². The Morgan fingerprint density at radius 1 is 1.30 bits per heavy atom. The Balaban J connectivity index is 2.10. The number of nitrogens with one attached hydrogen (secondary N) is 1. The van der Waals surface area contributed by atoms with Gasteiger partial charge in [0.05, 0.1) is 11.6 Å². The molecule has 0 aliphatic carbocycles. The predicted octanol–water partition coefficient (Wildman–Crippen LogP) is 0.655. The van der Waals surface area contributed by atoms with Gasteiger partial charge in [0.25, 0.3) is 5.56 Å². The molecule has 1 unspecified atom stereocenters. The van der Waals surface area contributed by atoms with Crippen LogP contribution in [0.15, 0.2) is 46.1 Å². The molecule has 2 aromatic rings. The van der Waals surface area contributed by atoms with Crippen molar-refractivity contribution in [1.29, 1.82) is 0 Å². The van der Waals surface area contributed by atoms with Crippen molar-refractivity contribution in [1.82, 2.24) is 19.4 Å². The number of aromatic nitrogens is 2. The second-order valence-electron chi connectivity index (χ2n) is 6.45. The lowest BCUT2D eigenvalue weighted by Crippen LogP contribution is -2.37. The molecule has 1 N–H and O–H groups in total. The standard InChI is InChI=1S/C19H23FN4O3/c1-22(2)16(13-6-5-7-15(20)10-13)11-21-17(25)9-8-14-12-23(3)19(27)24(4)18(14)26/h5-10,12,16H,11H2,1-4H3,(H,21,25)/b9-8+. The molecule has 1 amide bonds. The van der Waals surface area contributed by atoms with Crippen molar-refractivity contribution in [2.24, 2.45) is 14.1 Å². The number of carbonyl (C=O) groups is 1. The molecule has 0 radical (unpaired) electrons. The molecule has 1 aromatic carbocycles. The summed E-state index contributed by atoms with van der Waals surface area (Å²) in [5, 5.41) is 2.75. The summed E-state index contributed by atoms with van der Waals surface area (Å²) in [6.45, 7) is 0.269. The number of amides is 1. The molecule has 0 spiro atoms. The van der Waals surface area contributed by atoms with Crippen LogP contribution in [0.3, 0.4) is 0 Å². The average molecular weight is 374 g/mol. The van der Waals surface area contributed by atoms with Crippen LogP contribution in [0.2, 0.25) is 0 Å². The largest absolute Gasteiger partial charge is 0.351 e. The average Bonchev–Trinajstić information content (AvgIpc) is 2.62. The van der Waals surface area contributed by atoms with E-state index in [0.717, 1.165) is 10.1 Å². The molecule has 7 nitrogen and oxygen atoms in total. The van der Waals surface area contributed by atoms with Crippen LogP contribution in [0, 0.1) is 5.82 Å². The number of aryl methyl sites for hydroxylation is 1. The van der Waals surface area contributed by atoms with Gasteiger partial charge in [-0.1, -0.05) is 12.1 Å². The lowest BCUT2D eigenvalue weighted by Gasteiger charge is -2.24. The van der Waals surface area contributed by atoms with Crippen LogP contribution < -0.4 is 16.6 Å². The van der Waals surface area contributed by atoms with Gasteiger partial charge in [-0.25, -0.2) is 9.18 Å². The number of likely N-dealkylation sites (N-methyl/N-ethyl adjacent to an activating group) is 1. The molecule has 0 bridgehead atoms. The number of rotatable bonds is 6. The summed E-state index contributed by atoms with van der Waals surface area (Å²) in [7, 11) is 6.58. The van der Waals surface area contributed by atoms with Gasteiger partial charge in [0.1, 0.15) is 5.82 Å². The first-order valence-electron chi connectivity index (χ1n) is 8.35. The van der Waals surface area contributed by atoms with Crippen molar-refractivity contribution < 1.29 is 9.18 Å². The molecule has 0 aliphatic heterocycles. The van der Waals surface area contributed by atoms with Crippen LogP contribution in [-0.4, -0.2) is 40.6 Å². The van der Waals surface area contributed by atoms with Crippen LogP contribution in [0.1, 0.15) is 17.2 Å². The van der Waals surface area contributed by atoms with Crippen LogP contribution in [0.25, 0.3) is 6.08 Å². The van der Waals surface area contributed by atoms with Crippen LogP contribution in [0.5, 0.6) is 0 Å². The van der Waals surface area contributed by atoms with E-state index in [1.54, 1.807) is 12.1 Å². The van der Waals surface area contributed by atoms with Gasteiger partial charge in [-0.2, -0.15) is 0 Å². The van der Waals surface area contributed by atoms with Gasteiger partial charge in [-0.15, -0.1) is 0 Å². The molecular formula is C19H23FN4O3. The zero-order valence-corrected chi connectivity index (χ0v) is 15.8. The number of carbonyl (C=O) groups excluding carboxylic acids is 1. The van der Waals surface area contributed by atoms with E-state index < -0.39 is 17.2 Å². The fourth-order valence-electron chi connectivity index (χ4n) is 2.68. The molecule has 0 saturated carbocycles. The number of halogens is 1. The highest BCUT2D eigenvalue weighted by atomic mass is 19.1. The van der Waals surface area contributed by atoms with Gasteiger partial charge in [-0.05, 0) is 37.9 Å². The Kier molecular flexibility index (Phi) is 6.46. The van der Waals surface area contributed by atoms with Gasteiger partial charge in [0.2, 0.25) is 5.91 Å². The van der Waals surface area contributed by atoms with Gasteiger partial charge >= 0.3 is 5.69 Å². The first kappa shape index (κ1) is 20.3. The van der Waals surface area contributed by atoms with Gasteiger partial charge in [-0.3, -0.25) is 14.2 Å². The quantitative estimate of drug-likeness (QED) is 0.754. The Labute approximate surface area is 156 Å². The minimum Gasteiger partial charge on any atom is -0.351 e. The molecular weight excluding hydrogens is 351 g/mol. The molecule has 1 aromatic heterocycles. The van der Waals surface area contributed by atoms with Crippen molar-refractivity contribution in [2.75, 3.05) is 20.6 Å². The molecule has 1 heterocycles. The van der Waals surface area contributed by atoms with Gasteiger partial charge in [0, 0.05) is 32.9 Å². The fourth-order valence-corrected chi connectivity index (χ4v) is 2.68. The van der Waals surface area contributed by atoms with Crippen molar-refractivity contribution in [3.63, 3.8) is 0 Å². The maximum atomic E-state index is 13.5. The normalized spacial score (nSPS) is 12.5. The summed E-state index contributed by atoms with van der Waals surface area (Å²) in [5.74, 6) is -0.731. The summed E-state index contributed by atoms with van der Waals surface area (Å²) in [6, 6.07) is 6.01. The zero-order valence-electron chi connectivity index (χ0n) is 15.8. The molecule has 0 aliphatic rings. The van der Waals surface area contributed by atoms with Crippen molar-refractivity contribution in [3.05, 3.63) is 74.3 Å². The summed E-state index contributed by atoms with van der Waals surface area (Å²) in [5.41, 5.74) is 0.0545. The summed E-state index contributed by atoms with van der Waals surface area (Å²) in [6.07, 6.45) is 3.98. The number of nitrogens with zero attached hydrogens (tertiary/aromatic N) is 3. The van der Waals surface area contributed by atoms with E-state index >= 15 is 0 Å². The smallest absolute Gasteiger partial charge is 0.330 e. The molecule has 27 heavy (non-hydrogen) atoms. The third-order valence-electron chi connectivity index (χ3n) is 4.21. The Hall–Kier alpha value is -3.00. The van der Waals surface area contributed by atoms with Crippen molar-refractivity contribution in [3.8, 4) is 0 Å². The van der Waals surface area contributed by atoms with Crippen LogP contribution >= 0.6 is 0 Å². The summed E-state index contributed by atoms with van der Waals surface area (Å²) >= 11 is 0. The highest BCUT2D eigenvalue weighted by Gasteiger charge is 2.15. The zero-order chi connectivity index (χ0) is 20.1. The molecule has 144 valence electrons. The van der Waals surface area contributed by atoms with E-state index in [0.29, 0.717) is 0 Å². The monoisotopic (exact) mass is 374 g/mol. The lowest BCUT2D eigenvalue weighted by molar-refractivity contribution is -0.116. The minimum absolute atomic E-state index is 0.205. The number of benzene rings is 1. The maximum Gasteiger partial charge on any atom is 0.330 e. The van der Waals surface area contributed by atoms with E-state index in [1.807, 2.05) is 19.0 Å². The fraction of sp³-hybridized carbons (Fsp3) is 0.316. The number of hydrogen-bond donors (Lipinski definition) is 1. The molecule has 0 saturated heterocycles. The van der Waals surface area contributed by atoms with E-state index in [-0.39, 0.29) is 24.0 Å². The Morgan fingerprint density at radius 2 is 2.00 bits per heavy atom. The first-order chi connectivity index (χ1) is 12.7. The molecule has 0 fully saturated rings. The maximum absolute atomic E-state index is 13.5. The second kappa shape index (κ2) is 8.59. The Bertz CT molecular complexity index is 976. The number of hydrogen-bond acceptors (Lipinski definition) is 4. The first-order valence-corrected chi connectivity index (χ1v) is 8.35. The topological polar surface area (TPSA) is 76.3 Å². The van der Waals surface area contributed by atoms with E-state index in [9.17, 15) is 18.8 Å². The molecule has 8 heteroatoms. The Morgan fingerprint density at radius 3 is 2.63 bits per heavy atom. The lowest BCUT2D eigenvalue weighted by atomic mass is 10.1. The molecule has 2 rings (SSSR count). The van der Waals surface area contributed by atoms with Crippen LogP contribution in [-0.2, 0) is 18.9 Å². The highest BCUT2D eigenvalue weighted by molar-refractivity contribution is 5.91. The van der Waals surface area contributed by atoms with Crippen molar-refractivity contribution >= 4 is 12.0 Å². The van der Waals surface area contributed by atoms with E-state index in [2.05, 4.69) is 5.32 Å². The minimum atomic E-state index is -0.479. The molecule has 1 atom stereocenters. The SMILES string of the molecule is CN(C)C(CNC(=O)/C=C/c1cn(C)c(=O)n(C)c1=O)c1cccc(F)c1. The highest BCUT2D eigenvalue weighted by Crippen LogP contribution is 2.18.